The minimum atomic E-state index is -3.81. The maximum Gasteiger partial charge on any atom is 0.243 e. The molecular formula is C13H14FNO2S2. The number of nitrogens with one attached hydrogen (secondary N) is 1. The van der Waals surface area contributed by atoms with Crippen molar-refractivity contribution in [2.75, 3.05) is 0 Å². The third-order valence-corrected chi connectivity index (χ3v) is 4.96. The van der Waals surface area contributed by atoms with Crippen LogP contribution in [-0.2, 0) is 16.4 Å². The lowest BCUT2D eigenvalue weighted by Gasteiger charge is -2.14. The first-order valence-electron chi connectivity index (χ1n) is 5.77. The smallest absolute Gasteiger partial charge is 0.208 e. The van der Waals surface area contributed by atoms with Gasteiger partial charge in [-0.25, -0.2) is 17.5 Å². The number of sulfonamides is 1. The minimum absolute atomic E-state index is 0.292. The minimum Gasteiger partial charge on any atom is -0.208 e. The zero-order chi connectivity index (χ0) is 13.9. The maximum atomic E-state index is 13.5. The van der Waals surface area contributed by atoms with Crippen LogP contribution < -0.4 is 4.72 Å². The second-order valence-electron chi connectivity index (χ2n) is 4.29. The number of thiophene rings is 1. The molecule has 2 rings (SSSR count). The highest BCUT2D eigenvalue weighted by molar-refractivity contribution is 7.89. The Balaban J connectivity index is 2.11. The van der Waals surface area contributed by atoms with Crippen LogP contribution in [0.5, 0.6) is 0 Å². The molecule has 1 unspecified atom stereocenters. The van der Waals surface area contributed by atoms with Crippen LogP contribution in [0.15, 0.2) is 46.0 Å². The van der Waals surface area contributed by atoms with Crippen LogP contribution in [0.3, 0.4) is 0 Å². The molecule has 19 heavy (non-hydrogen) atoms. The van der Waals surface area contributed by atoms with E-state index < -0.39 is 15.8 Å². The van der Waals surface area contributed by atoms with E-state index in [1.807, 2.05) is 16.8 Å². The molecular weight excluding hydrogens is 285 g/mol. The first-order valence-corrected chi connectivity index (χ1v) is 8.19. The monoisotopic (exact) mass is 299 g/mol. The van der Waals surface area contributed by atoms with E-state index in [1.54, 1.807) is 18.3 Å². The average molecular weight is 299 g/mol. The SMILES string of the molecule is CC(Cc1ccsc1)NS(=O)(=O)c1ccccc1F. The summed E-state index contributed by atoms with van der Waals surface area (Å²) in [5.41, 5.74) is 1.06. The first-order chi connectivity index (χ1) is 8.99. The molecule has 0 aliphatic rings. The molecule has 0 saturated heterocycles. The van der Waals surface area contributed by atoms with Crippen LogP contribution in [0, 0.1) is 5.82 Å². The average Bonchev–Trinajstić information content (AvgIpc) is 2.81. The van der Waals surface area contributed by atoms with Gasteiger partial charge in [-0.05, 0) is 47.9 Å². The summed E-state index contributed by atoms with van der Waals surface area (Å²) in [5, 5.41) is 3.90. The Morgan fingerprint density at radius 1 is 1.32 bits per heavy atom. The van der Waals surface area contributed by atoms with Crippen molar-refractivity contribution in [3.63, 3.8) is 0 Å². The Hall–Kier alpha value is -1.24. The molecule has 0 saturated carbocycles. The molecule has 1 aromatic heterocycles. The maximum absolute atomic E-state index is 13.5. The van der Waals surface area contributed by atoms with Crippen molar-refractivity contribution >= 4 is 21.4 Å². The Kier molecular flexibility index (Phi) is 4.34. The highest BCUT2D eigenvalue weighted by atomic mass is 32.2. The lowest BCUT2D eigenvalue weighted by Crippen LogP contribution is -2.34. The van der Waals surface area contributed by atoms with E-state index >= 15 is 0 Å². The first kappa shape index (κ1) is 14.2. The Morgan fingerprint density at radius 3 is 2.68 bits per heavy atom. The normalized spacial score (nSPS) is 13.4. The van der Waals surface area contributed by atoms with Gasteiger partial charge in [0.1, 0.15) is 10.7 Å². The molecule has 1 atom stereocenters. The van der Waals surface area contributed by atoms with Gasteiger partial charge in [0, 0.05) is 6.04 Å². The van der Waals surface area contributed by atoms with Crippen LogP contribution in [0.25, 0.3) is 0 Å². The molecule has 1 heterocycles. The number of halogens is 1. The largest absolute Gasteiger partial charge is 0.243 e. The lowest BCUT2D eigenvalue weighted by atomic mass is 10.1. The molecule has 1 aromatic carbocycles. The van der Waals surface area contributed by atoms with Crippen LogP contribution in [0.4, 0.5) is 4.39 Å². The molecule has 0 fully saturated rings. The van der Waals surface area contributed by atoms with E-state index in [1.165, 1.54) is 18.2 Å². The van der Waals surface area contributed by atoms with Gasteiger partial charge in [-0.2, -0.15) is 11.3 Å². The number of hydrogen-bond donors (Lipinski definition) is 1. The molecule has 0 amide bonds. The fourth-order valence-electron chi connectivity index (χ4n) is 1.80. The van der Waals surface area contributed by atoms with Crippen molar-refractivity contribution in [2.45, 2.75) is 24.3 Å². The van der Waals surface area contributed by atoms with Crippen LogP contribution in [0.2, 0.25) is 0 Å². The quantitative estimate of drug-likeness (QED) is 0.923. The van der Waals surface area contributed by atoms with E-state index in [0.29, 0.717) is 6.42 Å². The zero-order valence-corrected chi connectivity index (χ0v) is 12.0. The topological polar surface area (TPSA) is 46.2 Å². The summed E-state index contributed by atoms with van der Waals surface area (Å²) >= 11 is 1.56. The summed E-state index contributed by atoms with van der Waals surface area (Å²) in [4.78, 5) is -0.313. The van der Waals surface area contributed by atoms with Crippen molar-refractivity contribution in [2.24, 2.45) is 0 Å². The second-order valence-corrected chi connectivity index (χ2v) is 6.75. The third kappa shape index (κ3) is 3.62. The van der Waals surface area contributed by atoms with E-state index in [0.717, 1.165) is 11.6 Å². The molecule has 1 N–H and O–H groups in total. The fourth-order valence-corrected chi connectivity index (χ4v) is 3.80. The third-order valence-electron chi connectivity index (χ3n) is 2.60. The Morgan fingerprint density at radius 2 is 2.05 bits per heavy atom. The predicted molar refractivity (Wildman–Crippen MR) is 74.2 cm³/mol. The van der Waals surface area contributed by atoms with Crippen molar-refractivity contribution < 1.29 is 12.8 Å². The summed E-state index contributed by atoms with van der Waals surface area (Å²) in [6.07, 6.45) is 0.581. The molecule has 0 aliphatic heterocycles. The van der Waals surface area contributed by atoms with Gasteiger partial charge in [-0.1, -0.05) is 12.1 Å². The molecule has 0 aliphatic carbocycles. The van der Waals surface area contributed by atoms with Gasteiger partial charge in [0.05, 0.1) is 0 Å². The van der Waals surface area contributed by atoms with Gasteiger partial charge in [-0.3, -0.25) is 0 Å². The zero-order valence-electron chi connectivity index (χ0n) is 10.3. The van der Waals surface area contributed by atoms with Gasteiger partial charge >= 0.3 is 0 Å². The molecule has 3 nitrogen and oxygen atoms in total. The van der Waals surface area contributed by atoms with Crippen molar-refractivity contribution in [3.05, 3.63) is 52.5 Å². The highest BCUT2D eigenvalue weighted by Crippen LogP contribution is 2.15. The number of hydrogen-bond acceptors (Lipinski definition) is 3. The van der Waals surface area contributed by atoms with Crippen LogP contribution in [-0.4, -0.2) is 14.5 Å². The van der Waals surface area contributed by atoms with Gasteiger partial charge in [0.2, 0.25) is 10.0 Å². The van der Waals surface area contributed by atoms with E-state index in [2.05, 4.69) is 4.72 Å². The summed E-state index contributed by atoms with van der Waals surface area (Å²) in [6, 6.07) is 7.01. The molecule has 0 spiro atoms. The molecule has 6 heteroatoms. The predicted octanol–water partition coefficient (Wildman–Crippen LogP) is 2.80. The van der Waals surface area contributed by atoms with Crippen LogP contribution in [0.1, 0.15) is 12.5 Å². The number of benzene rings is 1. The van der Waals surface area contributed by atoms with Crippen molar-refractivity contribution in [1.82, 2.24) is 4.72 Å². The Labute approximate surface area is 116 Å². The molecule has 102 valence electrons. The summed E-state index contributed by atoms with van der Waals surface area (Å²) < 4.78 is 40.1. The molecule has 2 aromatic rings. The summed E-state index contributed by atoms with van der Waals surface area (Å²) in [6.45, 7) is 1.76. The van der Waals surface area contributed by atoms with Gasteiger partial charge < -0.3 is 0 Å². The van der Waals surface area contributed by atoms with Crippen LogP contribution >= 0.6 is 11.3 Å². The van der Waals surface area contributed by atoms with Crippen molar-refractivity contribution in [1.29, 1.82) is 0 Å². The van der Waals surface area contributed by atoms with Gasteiger partial charge in [0.25, 0.3) is 0 Å². The van der Waals surface area contributed by atoms with E-state index in [9.17, 15) is 12.8 Å². The number of rotatable bonds is 5. The van der Waals surface area contributed by atoms with E-state index in [4.69, 9.17) is 0 Å². The van der Waals surface area contributed by atoms with Gasteiger partial charge in [0.15, 0.2) is 0 Å². The van der Waals surface area contributed by atoms with Crippen molar-refractivity contribution in [3.8, 4) is 0 Å². The molecule has 0 bridgehead atoms. The fraction of sp³-hybridized carbons (Fsp3) is 0.231. The molecule has 0 radical (unpaired) electrons. The summed E-state index contributed by atoms with van der Waals surface area (Å²) in [7, 11) is -3.81. The standard InChI is InChI=1S/C13H14FNO2S2/c1-10(8-11-6-7-18-9-11)15-19(16,17)13-5-3-2-4-12(13)14/h2-7,9-10,15H,8H2,1H3. The second kappa shape index (κ2) is 5.81. The highest BCUT2D eigenvalue weighted by Gasteiger charge is 2.20. The lowest BCUT2D eigenvalue weighted by molar-refractivity contribution is 0.542. The van der Waals surface area contributed by atoms with Gasteiger partial charge in [-0.15, -0.1) is 0 Å². The Bertz CT molecular complexity index is 638. The van der Waals surface area contributed by atoms with E-state index in [-0.39, 0.29) is 10.9 Å². The summed E-state index contributed by atoms with van der Waals surface area (Å²) in [5.74, 6) is -0.738.